The summed E-state index contributed by atoms with van der Waals surface area (Å²) in [6, 6.07) is 5.24. The van der Waals surface area contributed by atoms with Gasteiger partial charge in [-0.25, -0.2) is 4.79 Å². The SMILES string of the molecule is NC(=O)N1CC[NH+](c2cccc(Cl)n2)CC1.[Cl-]. The Bertz CT molecular complexity index is 394. The third-order valence-corrected chi connectivity index (χ3v) is 2.97. The molecule has 5 nitrogen and oxygen atoms in total. The smallest absolute Gasteiger partial charge is 0.315 e. The number of carbonyl (C=O) groups is 1. The van der Waals surface area contributed by atoms with Crippen molar-refractivity contribution in [1.29, 1.82) is 0 Å². The summed E-state index contributed by atoms with van der Waals surface area (Å²) in [6.45, 7) is 2.96. The van der Waals surface area contributed by atoms with Crippen molar-refractivity contribution in [3.8, 4) is 0 Å². The molecule has 0 radical (unpaired) electrons. The number of primary amides is 1. The molecular formula is C10H14Cl2N4O. The average molecular weight is 277 g/mol. The summed E-state index contributed by atoms with van der Waals surface area (Å²) < 4.78 is 0. The highest BCUT2D eigenvalue weighted by Crippen LogP contribution is 2.06. The minimum Gasteiger partial charge on any atom is -1.00 e. The van der Waals surface area contributed by atoms with Crippen LogP contribution in [0.4, 0.5) is 10.6 Å². The fourth-order valence-electron chi connectivity index (χ4n) is 1.86. The molecule has 0 unspecified atom stereocenters. The number of hydrogen-bond donors (Lipinski definition) is 2. The number of hydrogen-bond acceptors (Lipinski definition) is 2. The number of amides is 2. The highest BCUT2D eigenvalue weighted by Gasteiger charge is 2.24. The largest absolute Gasteiger partial charge is 1.00 e. The van der Waals surface area contributed by atoms with Crippen LogP contribution in [-0.4, -0.2) is 42.1 Å². The monoisotopic (exact) mass is 276 g/mol. The van der Waals surface area contributed by atoms with Crippen LogP contribution >= 0.6 is 11.6 Å². The molecule has 0 aromatic carbocycles. The van der Waals surface area contributed by atoms with Crippen LogP contribution in [-0.2, 0) is 0 Å². The second kappa shape index (κ2) is 6.05. The number of halogens is 2. The summed E-state index contributed by atoms with van der Waals surface area (Å²) >= 11 is 5.83. The quantitative estimate of drug-likeness (QED) is 0.527. The number of nitrogens with zero attached hydrogens (tertiary/aromatic N) is 2. The Kier molecular flexibility index (Phi) is 4.99. The lowest BCUT2D eigenvalue weighted by atomic mass is 10.3. The number of nitrogens with two attached hydrogens (primary N) is 1. The van der Waals surface area contributed by atoms with Crippen molar-refractivity contribution in [2.45, 2.75) is 0 Å². The van der Waals surface area contributed by atoms with Gasteiger partial charge in [0.25, 0.3) is 0 Å². The van der Waals surface area contributed by atoms with E-state index >= 15 is 0 Å². The summed E-state index contributed by atoms with van der Waals surface area (Å²) in [6.07, 6.45) is 0. The zero-order valence-electron chi connectivity index (χ0n) is 9.20. The molecule has 1 aliphatic heterocycles. The third-order valence-electron chi connectivity index (χ3n) is 2.76. The number of piperazine rings is 1. The molecule has 0 aliphatic carbocycles. The molecular weight excluding hydrogens is 263 g/mol. The summed E-state index contributed by atoms with van der Waals surface area (Å²) in [7, 11) is 0. The molecule has 0 saturated carbocycles. The average Bonchev–Trinajstić information content (AvgIpc) is 2.29. The van der Waals surface area contributed by atoms with Gasteiger partial charge < -0.3 is 23.0 Å². The van der Waals surface area contributed by atoms with Gasteiger partial charge in [0.15, 0.2) is 0 Å². The molecule has 0 atom stereocenters. The molecule has 1 fully saturated rings. The highest BCUT2D eigenvalue weighted by atomic mass is 35.5. The van der Waals surface area contributed by atoms with Crippen molar-refractivity contribution in [3.63, 3.8) is 0 Å². The first kappa shape index (κ1) is 14.0. The van der Waals surface area contributed by atoms with Gasteiger partial charge in [-0.1, -0.05) is 17.7 Å². The lowest BCUT2D eigenvalue weighted by Gasteiger charge is -2.30. The van der Waals surface area contributed by atoms with Crippen molar-refractivity contribution in [2.75, 3.05) is 26.2 Å². The minimum absolute atomic E-state index is 0. The van der Waals surface area contributed by atoms with Gasteiger partial charge in [-0.15, -0.1) is 0 Å². The molecule has 17 heavy (non-hydrogen) atoms. The van der Waals surface area contributed by atoms with Gasteiger partial charge in [0.1, 0.15) is 18.2 Å². The van der Waals surface area contributed by atoms with E-state index in [9.17, 15) is 4.79 Å². The number of carbonyl (C=O) groups excluding carboxylic acids is 1. The first-order chi connectivity index (χ1) is 7.66. The molecule has 0 spiro atoms. The van der Waals surface area contributed by atoms with Crippen LogP contribution in [0.3, 0.4) is 0 Å². The number of aromatic nitrogens is 1. The lowest BCUT2D eigenvalue weighted by molar-refractivity contribution is -0.840. The van der Waals surface area contributed by atoms with Crippen molar-refractivity contribution in [3.05, 3.63) is 23.4 Å². The molecule has 3 N–H and O–H groups in total. The zero-order chi connectivity index (χ0) is 11.5. The Hall–Kier alpha value is -1.04. The van der Waals surface area contributed by atoms with Crippen LogP contribution in [0.15, 0.2) is 18.2 Å². The van der Waals surface area contributed by atoms with Crippen molar-refractivity contribution in [1.82, 2.24) is 9.88 Å². The van der Waals surface area contributed by atoms with Gasteiger partial charge in [0.2, 0.25) is 5.82 Å². The first-order valence-electron chi connectivity index (χ1n) is 5.19. The van der Waals surface area contributed by atoms with E-state index in [4.69, 9.17) is 17.3 Å². The predicted octanol–water partition coefficient (Wildman–Crippen LogP) is -3.35. The van der Waals surface area contributed by atoms with Gasteiger partial charge in [-0.3, -0.25) is 4.90 Å². The Morgan fingerprint density at radius 1 is 1.41 bits per heavy atom. The number of urea groups is 1. The summed E-state index contributed by atoms with van der Waals surface area (Å²) in [5.74, 6) is 0.927. The van der Waals surface area contributed by atoms with E-state index < -0.39 is 0 Å². The maximum atomic E-state index is 11.0. The van der Waals surface area contributed by atoms with Gasteiger partial charge in [0.05, 0.1) is 13.1 Å². The van der Waals surface area contributed by atoms with Crippen LogP contribution in [0.5, 0.6) is 0 Å². The molecule has 1 aliphatic rings. The van der Waals surface area contributed by atoms with E-state index in [1.54, 1.807) is 11.0 Å². The van der Waals surface area contributed by atoms with Gasteiger partial charge in [0, 0.05) is 6.07 Å². The fourth-order valence-corrected chi connectivity index (χ4v) is 2.02. The molecule has 2 heterocycles. The summed E-state index contributed by atoms with van der Waals surface area (Å²) in [5, 5.41) is 0.502. The van der Waals surface area contributed by atoms with E-state index in [1.807, 2.05) is 12.1 Å². The molecule has 1 aromatic heterocycles. The maximum absolute atomic E-state index is 11.0. The normalized spacial score (nSPS) is 16.4. The van der Waals surface area contributed by atoms with Gasteiger partial charge in [-0.2, -0.15) is 4.98 Å². The van der Waals surface area contributed by atoms with E-state index in [0.29, 0.717) is 18.2 Å². The van der Waals surface area contributed by atoms with Crippen LogP contribution in [0, 0.1) is 0 Å². The number of rotatable bonds is 1. The Morgan fingerprint density at radius 3 is 2.59 bits per heavy atom. The molecule has 7 heteroatoms. The Morgan fingerprint density at radius 2 is 2.06 bits per heavy atom. The van der Waals surface area contributed by atoms with Crippen molar-refractivity contribution >= 4 is 23.4 Å². The number of nitrogens with one attached hydrogen (secondary N) is 1. The topological polar surface area (TPSA) is 63.7 Å². The van der Waals surface area contributed by atoms with Crippen LogP contribution in [0.2, 0.25) is 5.15 Å². The third kappa shape index (κ3) is 3.46. The molecule has 1 aromatic rings. The van der Waals surface area contributed by atoms with Crippen LogP contribution in [0.1, 0.15) is 0 Å². The first-order valence-corrected chi connectivity index (χ1v) is 5.56. The standard InChI is InChI=1S/C10H13ClN4O.ClH/c11-8-2-1-3-9(13-8)14-4-6-15(7-5-14)10(12)16;/h1-3H,4-7H2,(H2,12,16);1H. The molecule has 2 rings (SSSR count). The second-order valence-corrected chi connectivity index (χ2v) is 4.16. The second-order valence-electron chi connectivity index (χ2n) is 3.77. The molecule has 94 valence electrons. The number of pyridine rings is 1. The zero-order valence-corrected chi connectivity index (χ0v) is 10.7. The highest BCUT2D eigenvalue weighted by molar-refractivity contribution is 6.29. The van der Waals surface area contributed by atoms with Gasteiger partial charge in [-0.05, 0) is 6.07 Å². The van der Waals surface area contributed by atoms with E-state index in [0.717, 1.165) is 18.9 Å². The molecule has 0 bridgehead atoms. The van der Waals surface area contributed by atoms with Crippen molar-refractivity contribution < 1.29 is 22.1 Å². The van der Waals surface area contributed by atoms with Crippen LogP contribution < -0.4 is 23.0 Å². The lowest BCUT2D eigenvalue weighted by Crippen LogP contribution is -3.10. The number of quaternary nitrogens is 1. The minimum atomic E-state index is -0.349. The van der Waals surface area contributed by atoms with E-state index in [2.05, 4.69) is 4.98 Å². The Balaban J connectivity index is 0.00000144. The van der Waals surface area contributed by atoms with E-state index in [-0.39, 0.29) is 18.4 Å². The summed E-state index contributed by atoms with van der Waals surface area (Å²) in [5.41, 5.74) is 5.22. The molecule has 2 amide bonds. The molecule has 1 saturated heterocycles. The van der Waals surface area contributed by atoms with Crippen LogP contribution in [0.25, 0.3) is 0 Å². The van der Waals surface area contributed by atoms with E-state index in [1.165, 1.54) is 4.90 Å². The fraction of sp³-hybridized carbons (Fsp3) is 0.400. The predicted molar refractivity (Wildman–Crippen MR) is 60.8 cm³/mol. The van der Waals surface area contributed by atoms with Gasteiger partial charge >= 0.3 is 6.03 Å². The Labute approximate surface area is 111 Å². The summed E-state index contributed by atoms with van der Waals surface area (Å²) in [4.78, 5) is 18.1. The maximum Gasteiger partial charge on any atom is 0.315 e. The van der Waals surface area contributed by atoms with Crippen molar-refractivity contribution in [2.24, 2.45) is 5.73 Å².